The summed E-state index contributed by atoms with van der Waals surface area (Å²) in [6.07, 6.45) is 3.25. The minimum atomic E-state index is 0.739. The third kappa shape index (κ3) is 2.03. The fraction of sp³-hybridized carbons (Fsp3) is 0.364. The van der Waals surface area contributed by atoms with E-state index in [-0.39, 0.29) is 0 Å². The molecule has 2 heterocycles. The predicted octanol–water partition coefficient (Wildman–Crippen LogP) is 1.44. The fourth-order valence-electron chi connectivity index (χ4n) is 1.65. The molecule has 0 saturated heterocycles. The summed E-state index contributed by atoms with van der Waals surface area (Å²) in [5, 5.41) is 7.62. The number of rotatable bonds is 3. The molecular weight excluding hydrogens is 202 g/mol. The van der Waals surface area contributed by atoms with Crippen molar-refractivity contribution in [2.45, 2.75) is 20.4 Å². The van der Waals surface area contributed by atoms with Gasteiger partial charge in [-0.05, 0) is 19.9 Å². The van der Waals surface area contributed by atoms with Crippen LogP contribution in [0.25, 0.3) is 0 Å². The molecule has 2 rings (SSSR count). The fourth-order valence-corrected chi connectivity index (χ4v) is 1.65. The Morgan fingerprint density at radius 3 is 2.75 bits per heavy atom. The molecule has 84 valence electrons. The van der Waals surface area contributed by atoms with Crippen molar-refractivity contribution >= 4 is 5.82 Å². The molecule has 16 heavy (non-hydrogen) atoms. The number of anilines is 1. The number of aromatic nitrogens is 4. The normalized spacial score (nSPS) is 10.4. The largest absolute Gasteiger partial charge is 0.366 e. The highest BCUT2D eigenvalue weighted by atomic mass is 15.3. The zero-order valence-electron chi connectivity index (χ0n) is 9.73. The second kappa shape index (κ2) is 4.30. The Bertz CT molecular complexity index is 475. The lowest BCUT2D eigenvalue weighted by Gasteiger charge is -2.05. The van der Waals surface area contributed by atoms with Crippen molar-refractivity contribution in [2.24, 2.45) is 7.05 Å². The van der Waals surface area contributed by atoms with Crippen LogP contribution in [0.15, 0.2) is 18.6 Å². The summed E-state index contributed by atoms with van der Waals surface area (Å²) in [5.74, 6) is 0.831. The summed E-state index contributed by atoms with van der Waals surface area (Å²) < 4.78 is 1.90. The van der Waals surface area contributed by atoms with E-state index in [1.165, 1.54) is 17.6 Å². The summed E-state index contributed by atoms with van der Waals surface area (Å²) in [6.45, 7) is 4.82. The van der Waals surface area contributed by atoms with Crippen LogP contribution in [0.4, 0.5) is 5.82 Å². The van der Waals surface area contributed by atoms with Gasteiger partial charge in [-0.2, -0.15) is 5.10 Å². The third-order valence-corrected chi connectivity index (χ3v) is 2.69. The molecule has 5 heteroatoms. The Morgan fingerprint density at radius 1 is 1.38 bits per heavy atom. The van der Waals surface area contributed by atoms with Crippen LogP contribution in [0.3, 0.4) is 0 Å². The minimum Gasteiger partial charge on any atom is -0.366 e. The van der Waals surface area contributed by atoms with E-state index in [2.05, 4.69) is 27.3 Å². The van der Waals surface area contributed by atoms with E-state index in [9.17, 15) is 0 Å². The van der Waals surface area contributed by atoms with Gasteiger partial charge in [0, 0.05) is 31.0 Å². The van der Waals surface area contributed by atoms with Crippen LogP contribution in [0.2, 0.25) is 0 Å². The van der Waals surface area contributed by atoms with Gasteiger partial charge < -0.3 is 5.32 Å². The Labute approximate surface area is 94.5 Å². The minimum absolute atomic E-state index is 0.739. The predicted molar refractivity (Wildman–Crippen MR) is 62.0 cm³/mol. The maximum absolute atomic E-state index is 4.37. The summed E-state index contributed by atoms with van der Waals surface area (Å²) in [5.41, 5.74) is 3.46. The van der Waals surface area contributed by atoms with Crippen molar-refractivity contribution in [1.29, 1.82) is 0 Å². The Hall–Kier alpha value is -1.91. The SMILES string of the molecule is Cc1nn(C)c(C)c1CNc1ccncn1. The van der Waals surface area contributed by atoms with Gasteiger partial charge >= 0.3 is 0 Å². The number of hydrogen-bond acceptors (Lipinski definition) is 4. The van der Waals surface area contributed by atoms with Crippen molar-refractivity contribution in [3.05, 3.63) is 35.5 Å². The second-order valence-corrected chi connectivity index (χ2v) is 3.72. The van der Waals surface area contributed by atoms with Gasteiger partial charge in [0.15, 0.2) is 0 Å². The van der Waals surface area contributed by atoms with Crippen LogP contribution in [-0.4, -0.2) is 19.7 Å². The molecule has 2 aromatic heterocycles. The van der Waals surface area contributed by atoms with Gasteiger partial charge in [-0.15, -0.1) is 0 Å². The zero-order chi connectivity index (χ0) is 11.5. The van der Waals surface area contributed by atoms with Gasteiger partial charge in [0.05, 0.1) is 5.69 Å². The first kappa shape index (κ1) is 10.6. The highest BCUT2D eigenvalue weighted by Crippen LogP contribution is 2.13. The number of hydrogen-bond donors (Lipinski definition) is 1. The molecule has 0 aliphatic heterocycles. The quantitative estimate of drug-likeness (QED) is 0.845. The lowest BCUT2D eigenvalue weighted by molar-refractivity contribution is 0.730. The molecule has 5 nitrogen and oxygen atoms in total. The molecule has 0 aromatic carbocycles. The molecule has 0 saturated carbocycles. The van der Waals surface area contributed by atoms with Gasteiger partial charge in [0.25, 0.3) is 0 Å². The van der Waals surface area contributed by atoms with E-state index >= 15 is 0 Å². The smallest absolute Gasteiger partial charge is 0.129 e. The summed E-state index contributed by atoms with van der Waals surface area (Å²) in [6, 6.07) is 1.85. The molecule has 0 amide bonds. The van der Waals surface area contributed by atoms with Crippen LogP contribution in [0.1, 0.15) is 17.0 Å². The molecule has 0 spiro atoms. The Morgan fingerprint density at radius 2 is 2.19 bits per heavy atom. The molecule has 0 unspecified atom stereocenters. The van der Waals surface area contributed by atoms with Crippen LogP contribution in [0, 0.1) is 13.8 Å². The summed E-state index contributed by atoms with van der Waals surface area (Å²) in [4.78, 5) is 7.98. The number of aryl methyl sites for hydroxylation is 2. The van der Waals surface area contributed by atoms with Crippen LogP contribution in [-0.2, 0) is 13.6 Å². The van der Waals surface area contributed by atoms with Gasteiger partial charge in [0.1, 0.15) is 12.1 Å². The highest BCUT2D eigenvalue weighted by molar-refractivity contribution is 5.35. The first-order chi connectivity index (χ1) is 7.68. The summed E-state index contributed by atoms with van der Waals surface area (Å²) >= 11 is 0. The maximum Gasteiger partial charge on any atom is 0.129 e. The van der Waals surface area contributed by atoms with Crippen molar-refractivity contribution in [2.75, 3.05) is 5.32 Å². The monoisotopic (exact) mass is 217 g/mol. The standard InChI is InChI=1S/C11H15N5/c1-8-10(9(2)16(3)15-8)6-13-11-4-5-12-7-14-11/h4-5,7H,6H2,1-3H3,(H,12,13,14). The van der Waals surface area contributed by atoms with Crippen molar-refractivity contribution in [3.8, 4) is 0 Å². The van der Waals surface area contributed by atoms with Gasteiger partial charge in [-0.25, -0.2) is 9.97 Å². The Balaban J connectivity index is 2.11. The Kier molecular flexibility index (Phi) is 2.85. The van der Waals surface area contributed by atoms with Crippen molar-refractivity contribution in [3.63, 3.8) is 0 Å². The molecule has 0 aliphatic rings. The average molecular weight is 217 g/mol. The first-order valence-electron chi connectivity index (χ1n) is 5.17. The van der Waals surface area contributed by atoms with E-state index < -0.39 is 0 Å². The molecule has 2 aromatic rings. The topological polar surface area (TPSA) is 55.6 Å². The molecule has 0 bridgehead atoms. The highest BCUT2D eigenvalue weighted by Gasteiger charge is 2.08. The first-order valence-corrected chi connectivity index (χ1v) is 5.17. The van der Waals surface area contributed by atoms with Crippen LogP contribution >= 0.6 is 0 Å². The average Bonchev–Trinajstić information content (AvgIpc) is 2.53. The van der Waals surface area contributed by atoms with Gasteiger partial charge in [0.2, 0.25) is 0 Å². The molecule has 0 fully saturated rings. The van der Waals surface area contributed by atoms with Gasteiger partial charge in [-0.3, -0.25) is 4.68 Å². The molecule has 0 aliphatic carbocycles. The van der Waals surface area contributed by atoms with Gasteiger partial charge in [-0.1, -0.05) is 0 Å². The second-order valence-electron chi connectivity index (χ2n) is 3.72. The van der Waals surface area contributed by atoms with E-state index in [1.807, 2.05) is 24.7 Å². The lowest BCUT2D eigenvalue weighted by Crippen LogP contribution is -2.03. The van der Waals surface area contributed by atoms with E-state index in [0.29, 0.717) is 0 Å². The molecule has 1 N–H and O–H groups in total. The lowest BCUT2D eigenvalue weighted by atomic mass is 10.2. The van der Waals surface area contributed by atoms with Crippen molar-refractivity contribution < 1.29 is 0 Å². The number of nitrogens with zero attached hydrogens (tertiary/aromatic N) is 4. The maximum atomic E-state index is 4.37. The van der Waals surface area contributed by atoms with Crippen LogP contribution in [0.5, 0.6) is 0 Å². The zero-order valence-corrected chi connectivity index (χ0v) is 9.73. The number of nitrogens with one attached hydrogen (secondary N) is 1. The third-order valence-electron chi connectivity index (χ3n) is 2.69. The van der Waals surface area contributed by atoms with Crippen LogP contribution < -0.4 is 5.32 Å². The van der Waals surface area contributed by atoms with E-state index in [1.54, 1.807) is 6.20 Å². The molecule has 0 atom stereocenters. The molecular formula is C11H15N5. The summed E-state index contributed by atoms with van der Waals surface area (Å²) in [7, 11) is 1.95. The molecule has 0 radical (unpaired) electrons. The van der Waals surface area contributed by atoms with E-state index in [4.69, 9.17) is 0 Å². The van der Waals surface area contributed by atoms with E-state index in [0.717, 1.165) is 18.1 Å². The van der Waals surface area contributed by atoms with Crippen molar-refractivity contribution in [1.82, 2.24) is 19.7 Å².